The average Bonchev–Trinajstić information content (AvgIpc) is 3.38. The number of fused-ring (bicyclic) bond motifs is 1. The first-order chi connectivity index (χ1) is 15.3. The van der Waals surface area contributed by atoms with Crippen LogP contribution in [0, 0.1) is 6.92 Å². The molecule has 0 saturated carbocycles. The normalized spacial score (nSPS) is 19.6. The standard InChI is InChI=1S/C19H17F3N8O2/c1-10-7-29(8-13(31-10)18-28-27-11(2)32-18)15-3-4-23-17(26-15)12-5-25-16-6-24-14(9-30(12)16)19(20,21)22/h3-6,9-10,13H,7-8H2,1-2H3/t10-,13-/m0/s1. The maximum absolute atomic E-state index is 13.1. The monoisotopic (exact) mass is 446 g/mol. The fraction of sp³-hybridized carbons (Fsp3) is 0.368. The number of imidazole rings is 1. The molecule has 0 unspecified atom stereocenters. The largest absolute Gasteiger partial charge is 0.434 e. The second-order valence-electron chi connectivity index (χ2n) is 7.38. The van der Waals surface area contributed by atoms with Gasteiger partial charge in [-0.2, -0.15) is 13.2 Å². The Kier molecular flexibility index (Phi) is 4.77. The number of hydrogen-bond acceptors (Lipinski definition) is 9. The Balaban J connectivity index is 1.48. The highest BCUT2D eigenvalue weighted by molar-refractivity contribution is 5.58. The van der Waals surface area contributed by atoms with Gasteiger partial charge in [0.2, 0.25) is 11.8 Å². The Labute approximate surface area is 179 Å². The van der Waals surface area contributed by atoms with Crippen molar-refractivity contribution in [3.63, 3.8) is 0 Å². The van der Waals surface area contributed by atoms with E-state index in [0.29, 0.717) is 36.4 Å². The molecule has 0 amide bonds. The number of ether oxygens (including phenoxy) is 1. The van der Waals surface area contributed by atoms with Gasteiger partial charge in [0, 0.05) is 25.9 Å². The third-order valence-electron chi connectivity index (χ3n) is 4.96. The van der Waals surface area contributed by atoms with E-state index in [1.54, 1.807) is 19.2 Å². The smallest absolute Gasteiger partial charge is 0.423 e. The van der Waals surface area contributed by atoms with Crippen molar-refractivity contribution >= 4 is 11.5 Å². The average molecular weight is 446 g/mol. The third-order valence-corrected chi connectivity index (χ3v) is 4.96. The Morgan fingerprint density at radius 1 is 1.09 bits per heavy atom. The zero-order valence-corrected chi connectivity index (χ0v) is 17.0. The quantitative estimate of drug-likeness (QED) is 0.469. The molecule has 5 heterocycles. The minimum absolute atomic E-state index is 0.143. The van der Waals surface area contributed by atoms with Gasteiger partial charge in [-0.3, -0.25) is 4.40 Å². The van der Waals surface area contributed by atoms with Crippen molar-refractivity contribution in [3.8, 4) is 11.5 Å². The molecule has 166 valence electrons. The van der Waals surface area contributed by atoms with E-state index in [9.17, 15) is 13.2 Å². The first-order valence-electron chi connectivity index (χ1n) is 9.72. The van der Waals surface area contributed by atoms with Crippen molar-refractivity contribution in [3.05, 3.63) is 48.3 Å². The molecule has 13 heteroatoms. The van der Waals surface area contributed by atoms with Crippen molar-refractivity contribution in [2.45, 2.75) is 32.2 Å². The number of alkyl halides is 3. The summed E-state index contributed by atoms with van der Waals surface area (Å²) < 4.78 is 52.1. The van der Waals surface area contributed by atoms with Gasteiger partial charge in [0.25, 0.3) is 0 Å². The molecule has 0 radical (unpaired) electrons. The Morgan fingerprint density at radius 3 is 2.69 bits per heavy atom. The second-order valence-corrected chi connectivity index (χ2v) is 7.38. The molecule has 1 saturated heterocycles. The van der Waals surface area contributed by atoms with Crippen LogP contribution in [0.4, 0.5) is 19.0 Å². The summed E-state index contributed by atoms with van der Waals surface area (Å²) in [6.45, 7) is 4.58. The minimum Gasteiger partial charge on any atom is -0.423 e. The van der Waals surface area contributed by atoms with Crippen LogP contribution in [-0.2, 0) is 10.9 Å². The Hall–Kier alpha value is -3.61. The Bertz CT molecular complexity index is 1270. The number of morpholine rings is 1. The van der Waals surface area contributed by atoms with E-state index in [-0.39, 0.29) is 17.6 Å². The number of hydrogen-bond donors (Lipinski definition) is 0. The molecule has 1 aliphatic heterocycles. The fourth-order valence-electron chi connectivity index (χ4n) is 3.57. The van der Waals surface area contributed by atoms with E-state index >= 15 is 0 Å². The van der Waals surface area contributed by atoms with Gasteiger partial charge in [-0.25, -0.2) is 19.9 Å². The van der Waals surface area contributed by atoms with Crippen LogP contribution in [0.2, 0.25) is 0 Å². The van der Waals surface area contributed by atoms with Gasteiger partial charge >= 0.3 is 6.18 Å². The maximum atomic E-state index is 13.1. The van der Waals surface area contributed by atoms with E-state index in [1.807, 2.05) is 11.8 Å². The molecule has 1 aliphatic rings. The summed E-state index contributed by atoms with van der Waals surface area (Å²) in [6, 6.07) is 1.73. The van der Waals surface area contributed by atoms with Gasteiger partial charge < -0.3 is 14.1 Å². The van der Waals surface area contributed by atoms with Crippen LogP contribution < -0.4 is 4.90 Å². The number of anilines is 1. The number of rotatable bonds is 3. The predicted octanol–water partition coefficient (Wildman–Crippen LogP) is 2.86. The molecular formula is C19H17F3N8O2. The van der Waals surface area contributed by atoms with E-state index in [2.05, 4.69) is 30.1 Å². The maximum Gasteiger partial charge on any atom is 0.434 e. The first-order valence-corrected chi connectivity index (χ1v) is 9.72. The lowest BCUT2D eigenvalue weighted by molar-refractivity contribution is -0.141. The van der Waals surface area contributed by atoms with Crippen molar-refractivity contribution in [1.29, 1.82) is 0 Å². The molecule has 0 aliphatic carbocycles. The number of aryl methyl sites for hydroxylation is 1. The van der Waals surface area contributed by atoms with E-state index in [4.69, 9.17) is 9.15 Å². The zero-order valence-electron chi connectivity index (χ0n) is 17.0. The summed E-state index contributed by atoms with van der Waals surface area (Å²) in [5.41, 5.74) is -0.450. The van der Waals surface area contributed by atoms with Crippen molar-refractivity contribution in [2.75, 3.05) is 18.0 Å². The molecule has 10 nitrogen and oxygen atoms in total. The number of halogens is 3. The highest BCUT2D eigenvalue weighted by Gasteiger charge is 2.34. The second kappa shape index (κ2) is 7.51. The van der Waals surface area contributed by atoms with E-state index in [0.717, 1.165) is 12.4 Å². The summed E-state index contributed by atoms with van der Waals surface area (Å²) in [5, 5.41) is 7.89. The third kappa shape index (κ3) is 3.75. The van der Waals surface area contributed by atoms with Crippen LogP contribution in [0.15, 0.2) is 35.3 Å². The van der Waals surface area contributed by atoms with Gasteiger partial charge in [0.15, 0.2) is 23.3 Å². The SMILES string of the molecule is Cc1nnc([C@@H]2CN(c3ccnc(-c4cnc5cnc(C(F)(F)F)cn45)n3)C[C@H](C)O2)o1. The molecule has 0 aromatic carbocycles. The fourth-order valence-corrected chi connectivity index (χ4v) is 3.57. The highest BCUT2D eigenvalue weighted by Crippen LogP contribution is 2.30. The molecule has 0 N–H and O–H groups in total. The summed E-state index contributed by atoms with van der Waals surface area (Å²) in [7, 11) is 0. The van der Waals surface area contributed by atoms with Gasteiger partial charge in [-0.05, 0) is 13.0 Å². The summed E-state index contributed by atoms with van der Waals surface area (Å²) in [6.07, 6.45) is -0.234. The highest BCUT2D eigenvalue weighted by atomic mass is 19.4. The summed E-state index contributed by atoms with van der Waals surface area (Å²) in [5.74, 6) is 1.64. The molecule has 5 rings (SSSR count). The molecule has 0 spiro atoms. The summed E-state index contributed by atoms with van der Waals surface area (Å²) in [4.78, 5) is 18.4. The number of aromatic nitrogens is 7. The molecule has 32 heavy (non-hydrogen) atoms. The molecule has 0 bridgehead atoms. The van der Waals surface area contributed by atoms with Crippen LogP contribution in [0.1, 0.15) is 30.5 Å². The lowest BCUT2D eigenvalue weighted by Crippen LogP contribution is -2.43. The first kappa shape index (κ1) is 20.3. The van der Waals surface area contributed by atoms with Crippen molar-refractivity contribution in [2.24, 2.45) is 0 Å². The predicted molar refractivity (Wildman–Crippen MR) is 104 cm³/mol. The number of nitrogens with zero attached hydrogens (tertiary/aromatic N) is 8. The molecule has 2 atom stereocenters. The lowest BCUT2D eigenvalue weighted by atomic mass is 10.2. The van der Waals surface area contributed by atoms with Crippen LogP contribution in [0.25, 0.3) is 17.2 Å². The van der Waals surface area contributed by atoms with Crippen LogP contribution in [0.3, 0.4) is 0 Å². The van der Waals surface area contributed by atoms with Crippen LogP contribution in [-0.4, -0.2) is 53.7 Å². The van der Waals surface area contributed by atoms with Crippen molar-refractivity contribution in [1.82, 2.24) is 34.5 Å². The van der Waals surface area contributed by atoms with Crippen LogP contribution >= 0.6 is 0 Å². The zero-order chi connectivity index (χ0) is 22.5. The molecule has 1 fully saturated rings. The molecule has 4 aromatic rings. The molecule has 4 aromatic heterocycles. The molecular weight excluding hydrogens is 429 g/mol. The summed E-state index contributed by atoms with van der Waals surface area (Å²) >= 11 is 0. The topological polar surface area (TPSA) is 107 Å². The van der Waals surface area contributed by atoms with Gasteiger partial charge in [-0.1, -0.05) is 0 Å². The van der Waals surface area contributed by atoms with Gasteiger partial charge in [0.1, 0.15) is 11.5 Å². The minimum atomic E-state index is -4.58. The van der Waals surface area contributed by atoms with Crippen LogP contribution in [0.5, 0.6) is 0 Å². The Morgan fingerprint density at radius 2 is 1.94 bits per heavy atom. The van der Waals surface area contributed by atoms with E-state index in [1.165, 1.54) is 10.6 Å². The van der Waals surface area contributed by atoms with Gasteiger partial charge in [0.05, 0.1) is 25.0 Å². The lowest BCUT2D eigenvalue weighted by Gasteiger charge is -2.36. The van der Waals surface area contributed by atoms with Crippen molar-refractivity contribution < 1.29 is 22.3 Å². The van der Waals surface area contributed by atoms with E-state index < -0.39 is 18.0 Å². The van der Waals surface area contributed by atoms with Gasteiger partial charge in [-0.15, -0.1) is 10.2 Å².